The summed E-state index contributed by atoms with van der Waals surface area (Å²) in [5.74, 6) is 1.43. The van der Waals surface area contributed by atoms with Crippen LogP contribution in [-0.2, 0) is 6.42 Å². The van der Waals surface area contributed by atoms with Crippen molar-refractivity contribution in [1.82, 2.24) is 4.98 Å². The van der Waals surface area contributed by atoms with Crippen LogP contribution in [0.1, 0.15) is 5.56 Å². The van der Waals surface area contributed by atoms with Crippen LogP contribution >= 0.6 is 0 Å². The van der Waals surface area contributed by atoms with Crippen LogP contribution in [0.5, 0.6) is 5.75 Å². The highest BCUT2D eigenvalue weighted by atomic mass is 16.5. The first kappa shape index (κ1) is 12.5. The minimum absolute atomic E-state index is 0.606. The molecule has 0 spiro atoms. The lowest BCUT2D eigenvalue weighted by atomic mass is 10.1. The third-order valence-corrected chi connectivity index (χ3v) is 3.19. The van der Waals surface area contributed by atoms with Gasteiger partial charge in [0.2, 0.25) is 5.89 Å². The molecular formula is C17H15NO2. The minimum Gasteiger partial charge on any atom is -0.496 e. The molecule has 0 aliphatic heterocycles. The third kappa shape index (κ3) is 2.18. The van der Waals surface area contributed by atoms with Gasteiger partial charge in [-0.05, 0) is 36.2 Å². The molecule has 0 bridgehead atoms. The van der Waals surface area contributed by atoms with Gasteiger partial charge in [-0.1, -0.05) is 24.3 Å². The van der Waals surface area contributed by atoms with Gasteiger partial charge < -0.3 is 9.15 Å². The molecule has 20 heavy (non-hydrogen) atoms. The molecule has 1 heterocycles. The summed E-state index contributed by atoms with van der Waals surface area (Å²) >= 11 is 0. The number of rotatable bonds is 4. The van der Waals surface area contributed by atoms with E-state index in [0.717, 1.165) is 34.4 Å². The SMILES string of the molecule is C=CCc1ccc(-c2nc3ccccc3o2)cc1OC. The predicted octanol–water partition coefficient (Wildman–Crippen LogP) is 4.23. The van der Waals surface area contributed by atoms with E-state index in [2.05, 4.69) is 11.6 Å². The topological polar surface area (TPSA) is 35.3 Å². The highest BCUT2D eigenvalue weighted by Crippen LogP contribution is 2.29. The molecule has 3 heteroatoms. The van der Waals surface area contributed by atoms with E-state index in [-0.39, 0.29) is 0 Å². The number of methoxy groups -OCH3 is 1. The smallest absolute Gasteiger partial charge is 0.227 e. The maximum Gasteiger partial charge on any atom is 0.227 e. The fourth-order valence-corrected chi connectivity index (χ4v) is 2.20. The molecule has 3 aromatic rings. The summed E-state index contributed by atoms with van der Waals surface area (Å²) < 4.78 is 11.2. The highest BCUT2D eigenvalue weighted by molar-refractivity contribution is 5.76. The molecular weight excluding hydrogens is 250 g/mol. The van der Waals surface area contributed by atoms with Crippen LogP contribution in [0, 0.1) is 0 Å². The number of para-hydroxylation sites is 2. The van der Waals surface area contributed by atoms with Crippen molar-refractivity contribution in [2.45, 2.75) is 6.42 Å². The number of fused-ring (bicyclic) bond motifs is 1. The second-order valence-corrected chi connectivity index (χ2v) is 4.51. The zero-order chi connectivity index (χ0) is 13.9. The number of ether oxygens (including phenoxy) is 1. The molecule has 0 atom stereocenters. The maximum absolute atomic E-state index is 5.77. The van der Waals surface area contributed by atoms with Crippen molar-refractivity contribution < 1.29 is 9.15 Å². The first-order chi connectivity index (χ1) is 9.81. The second-order valence-electron chi connectivity index (χ2n) is 4.51. The van der Waals surface area contributed by atoms with Gasteiger partial charge in [0.25, 0.3) is 0 Å². The van der Waals surface area contributed by atoms with Crippen molar-refractivity contribution in [1.29, 1.82) is 0 Å². The summed E-state index contributed by atoms with van der Waals surface area (Å²) in [7, 11) is 1.66. The van der Waals surface area contributed by atoms with Gasteiger partial charge in [-0.15, -0.1) is 6.58 Å². The predicted molar refractivity (Wildman–Crippen MR) is 79.9 cm³/mol. The molecule has 3 rings (SSSR count). The molecule has 0 saturated carbocycles. The van der Waals surface area contributed by atoms with Gasteiger partial charge in [-0.3, -0.25) is 0 Å². The molecule has 1 aromatic heterocycles. The summed E-state index contributed by atoms with van der Waals surface area (Å²) in [5, 5.41) is 0. The molecule has 0 amide bonds. The molecule has 0 aliphatic carbocycles. The van der Waals surface area contributed by atoms with Crippen molar-refractivity contribution in [2.24, 2.45) is 0 Å². The van der Waals surface area contributed by atoms with Gasteiger partial charge in [0.05, 0.1) is 7.11 Å². The van der Waals surface area contributed by atoms with E-state index < -0.39 is 0 Å². The molecule has 2 aromatic carbocycles. The van der Waals surface area contributed by atoms with Gasteiger partial charge in [-0.2, -0.15) is 0 Å². The Hall–Kier alpha value is -2.55. The van der Waals surface area contributed by atoms with Crippen LogP contribution in [0.3, 0.4) is 0 Å². The molecule has 0 unspecified atom stereocenters. The molecule has 0 aliphatic rings. The van der Waals surface area contributed by atoms with Crippen LogP contribution in [0.2, 0.25) is 0 Å². The largest absolute Gasteiger partial charge is 0.496 e. The normalized spacial score (nSPS) is 10.7. The Labute approximate surface area is 117 Å². The Bertz CT molecular complexity index is 726. The summed E-state index contributed by atoms with van der Waals surface area (Å²) in [6, 6.07) is 13.7. The molecule has 100 valence electrons. The van der Waals surface area contributed by atoms with Gasteiger partial charge in [0, 0.05) is 5.56 Å². The number of allylic oxidation sites excluding steroid dienone is 1. The first-order valence-electron chi connectivity index (χ1n) is 6.45. The summed E-state index contributed by atoms with van der Waals surface area (Å²) in [6.45, 7) is 3.75. The average molecular weight is 265 g/mol. The third-order valence-electron chi connectivity index (χ3n) is 3.19. The van der Waals surface area contributed by atoms with E-state index in [9.17, 15) is 0 Å². The first-order valence-corrected chi connectivity index (χ1v) is 6.45. The van der Waals surface area contributed by atoms with Crippen molar-refractivity contribution in [3.8, 4) is 17.2 Å². The average Bonchev–Trinajstić information content (AvgIpc) is 2.92. The number of aromatic nitrogens is 1. The van der Waals surface area contributed by atoms with E-state index in [1.807, 2.05) is 48.5 Å². The lowest BCUT2D eigenvalue weighted by Crippen LogP contribution is -1.91. The van der Waals surface area contributed by atoms with Crippen LogP contribution < -0.4 is 4.74 Å². The van der Waals surface area contributed by atoms with Crippen LogP contribution in [0.15, 0.2) is 59.5 Å². The van der Waals surface area contributed by atoms with Crippen molar-refractivity contribution in [3.05, 3.63) is 60.7 Å². The fourth-order valence-electron chi connectivity index (χ4n) is 2.20. The van der Waals surface area contributed by atoms with E-state index in [0.29, 0.717) is 5.89 Å². The Kier molecular flexibility index (Phi) is 3.25. The number of benzene rings is 2. The second kappa shape index (κ2) is 5.21. The molecule has 0 fully saturated rings. The number of hydrogen-bond acceptors (Lipinski definition) is 3. The number of hydrogen-bond donors (Lipinski definition) is 0. The monoisotopic (exact) mass is 265 g/mol. The number of nitrogens with zero attached hydrogens (tertiary/aromatic N) is 1. The standard InChI is InChI=1S/C17H15NO2/c1-3-6-12-9-10-13(11-16(12)19-2)17-18-14-7-4-5-8-15(14)20-17/h3-5,7-11H,1,6H2,2H3. The Morgan fingerprint density at radius 2 is 2.10 bits per heavy atom. The Morgan fingerprint density at radius 3 is 2.85 bits per heavy atom. The van der Waals surface area contributed by atoms with Crippen LogP contribution in [0.4, 0.5) is 0 Å². The van der Waals surface area contributed by atoms with E-state index in [1.165, 1.54) is 0 Å². The Balaban J connectivity index is 2.07. The Morgan fingerprint density at radius 1 is 1.25 bits per heavy atom. The molecule has 0 radical (unpaired) electrons. The summed E-state index contributed by atoms with van der Waals surface area (Å²) in [5.41, 5.74) is 3.65. The lowest BCUT2D eigenvalue weighted by Gasteiger charge is -2.07. The fraction of sp³-hybridized carbons (Fsp3) is 0.118. The van der Waals surface area contributed by atoms with E-state index in [1.54, 1.807) is 7.11 Å². The quantitative estimate of drug-likeness (QED) is 0.662. The van der Waals surface area contributed by atoms with E-state index >= 15 is 0 Å². The zero-order valence-corrected chi connectivity index (χ0v) is 11.3. The lowest BCUT2D eigenvalue weighted by molar-refractivity contribution is 0.410. The zero-order valence-electron chi connectivity index (χ0n) is 11.3. The molecule has 3 nitrogen and oxygen atoms in total. The minimum atomic E-state index is 0.606. The van der Waals surface area contributed by atoms with Gasteiger partial charge in [0.1, 0.15) is 11.3 Å². The maximum atomic E-state index is 5.77. The molecule has 0 saturated heterocycles. The van der Waals surface area contributed by atoms with E-state index in [4.69, 9.17) is 9.15 Å². The summed E-state index contributed by atoms with van der Waals surface area (Å²) in [6.07, 6.45) is 2.63. The van der Waals surface area contributed by atoms with Crippen LogP contribution in [0.25, 0.3) is 22.6 Å². The van der Waals surface area contributed by atoms with Gasteiger partial charge in [-0.25, -0.2) is 4.98 Å². The van der Waals surface area contributed by atoms with Gasteiger partial charge in [0.15, 0.2) is 5.58 Å². The van der Waals surface area contributed by atoms with Crippen molar-refractivity contribution >= 4 is 11.1 Å². The number of oxazole rings is 1. The van der Waals surface area contributed by atoms with Gasteiger partial charge >= 0.3 is 0 Å². The van der Waals surface area contributed by atoms with Crippen molar-refractivity contribution in [3.63, 3.8) is 0 Å². The van der Waals surface area contributed by atoms with Crippen molar-refractivity contribution in [2.75, 3.05) is 7.11 Å². The summed E-state index contributed by atoms with van der Waals surface area (Å²) in [4.78, 5) is 4.49. The van der Waals surface area contributed by atoms with Crippen LogP contribution in [-0.4, -0.2) is 12.1 Å². The highest BCUT2D eigenvalue weighted by Gasteiger charge is 2.10. The molecule has 0 N–H and O–H groups in total.